The Bertz CT molecular complexity index is 3290. The Labute approximate surface area is 306 Å². The molecule has 3 nitrogen and oxygen atoms in total. The molecule has 8 aromatic carbocycles. The van der Waals surface area contributed by atoms with E-state index in [2.05, 4.69) is 181 Å². The average Bonchev–Trinajstić information content (AvgIpc) is 3.81. The van der Waals surface area contributed by atoms with E-state index in [1.54, 1.807) is 0 Å². The monoisotopic (exact) mass is 675 g/mol. The molecule has 0 amide bonds. The normalized spacial score (nSPS) is 13.6. The van der Waals surface area contributed by atoms with E-state index in [9.17, 15) is 0 Å². The van der Waals surface area contributed by atoms with Gasteiger partial charge in [0.1, 0.15) is 5.65 Å². The van der Waals surface area contributed by atoms with Crippen molar-refractivity contribution in [3.8, 4) is 22.5 Å². The second-order valence-electron chi connectivity index (χ2n) is 15.1. The third-order valence-corrected chi connectivity index (χ3v) is 12.1. The van der Waals surface area contributed by atoms with Crippen LogP contribution < -0.4 is 0 Å². The number of pyridine rings is 1. The lowest BCUT2D eigenvalue weighted by atomic mass is 9.78. The predicted molar refractivity (Wildman–Crippen MR) is 223 cm³/mol. The van der Waals surface area contributed by atoms with Crippen LogP contribution in [-0.4, -0.2) is 14.1 Å². The van der Waals surface area contributed by atoms with Crippen LogP contribution in [0, 0.1) is 0 Å². The molecule has 0 saturated carbocycles. The highest BCUT2D eigenvalue weighted by atomic mass is 15.1. The van der Waals surface area contributed by atoms with Crippen molar-refractivity contribution < 1.29 is 0 Å². The van der Waals surface area contributed by atoms with Crippen LogP contribution >= 0.6 is 0 Å². The zero-order valence-corrected chi connectivity index (χ0v) is 29.4. The summed E-state index contributed by atoms with van der Waals surface area (Å²) >= 11 is 0. The molecule has 0 aliphatic heterocycles. The van der Waals surface area contributed by atoms with Gasteiger partial charge in [0.05, 0.1) is 16.6 Å². The number of rotatable bonds is 2. The van der Waals surface area contributed by atoms with Crippen molar-refractivity contribution in [3.63, 3.8) is 0 Å². The third-order valence-electron chi connectivity index (χ3n) is 12.1. The summed E-state index contributed by atoms with van der Waals surface area (Å²) in [6.45, 7) is 4.87. The lowest BCUT2D eigenvalue weighted by molar-refractivity contribution is 0.670. The van der Waals surface area contributed by atoms with Gasteiger partial charge in [0.15, 0.2) is 0 Å². The van der Waals surface area contributed by atoms with E-state index >= 15 is 0 Å². The molecule has 0 saturated heterocycles. The summed E-state index contributed by atoms with van der Waals surface area (Å²) in [6, 6.07) is 58.1. The molecule has 0 fully saturated rings. The van der Waals surface area contributed by atoms with E-state index in [4.69, 9.17) is 4.98 Å². The zero-order valence-electron chi connectivity index (χ0n) is 29.4. The number of benzene rings is 8. The highest BCUT2D eigenvalue weighted by molar-refractivity contribution is 6.28. The fraction of sp³-hybridized carbons (Fsp3) is 0.0600. The van der Waals surface area contributed by atoms with Gasteiger partial charge in [-0.05, 0) is 97.0 Å². The van der Waals surface area contributed by atoms with Crippen molar-refractivity contribution >= 4 is 76.1 Å². The molecule has 1 aliphatic carbocycles. The smallest absolute Gasteiger partial charge is 0.145 e. The first-order valence-corrected chi connectivity index (χ1v) is 18.5. The average molecular weight is 676 g/mol. The standard InChI is InChI=1S/C50H33N3/c1-50(2)46-39(25-24-38-34-17-4-3-15-32(34)33-16-5-6-20-37(33)45(38)46)40-26-27-41-42-21-12-28-51-49(42)53(48(41)47(40)50)31-14-11-13-30(29-31)52-43-22-9-7-18-35(43)36-19-8-10-23-44(36)52/h3-29H,1-2H3. The number of fused-ring (bicyclic) bond motifs is 17. The van der Waals surface area contributed by atoms with Crippen LogP contribution in [0.4, 0.5) is 0 Å². The Morgan fingerprint density at radius 2 is 0.925 bits per heavy atom. The van der Waals surface area contributed by atoms with Gasteiger partial charge in [-0.1, -0.05) is 129 Å². The van der Waals surface area contributed by atoms with Crippen molar-refractivity contribution in [2.45, 2.75) is 19.3 Å². The van der Waals surface area contributed by atoms with E-state index in [0.29, 0.717) is 0 Å². The summed E-state index contributed by atoms with van der Waals surface area (Å²) in [6.07, 6.45) is 1.93. The topological polar surface area (TPSA) is 22.8 Å². The van der Waals surface area contributed by atoms with Crippen LogP contribution in [0.25, 0.3) is 98.6 Å². The largest absolute Gasteiger partial charge is 0.309 e. The summed E-state index contributed by atoms with van der Waals surface area (Å²) in [5.41, 5.74) is 11.9. The molecule has 3 heteroatoms. The molecule has 12 rings (SSSR count). The van der Waals surface area contributed by atoms with Gasteiger partial charge in [-0.3, -0.25) is 4.57 Å². The lowest BCUT2D eigenvalue weighted by Gasteiger charge is -2.26. The van der Waals surface area contributed by atoms with Crippen LogP contribution in [0.5, 0.6) is 0 Å². The quantitative estimate of drug-likeness (QED) is 0.167. The van der Waals surface area contributed by atoms with Crippen molar-refractivity contribution in [2.75, 3.05) is 0 Å². The number of hydrogen-bond donors (Lipinski definition) is 0. The van der Waals surface area contributed by atoms with Gasteiger partial charge in [-0.2, -0.15) is 0 Å². The SMILES string of the molecule is CC1(C)c2c(ccc3c4ccccc4c4ccccc4c23)-c2ccc3c4cccnc4n(-c4cccc(-n5c6ccccc6c6ccccc65)c4)c3c21. The molecule has 3 aromatic heterocycles. The van der Waals surface area contributed by atoms with Crippen molar-refractivity contribution in [2.24, 2.45) is 0 Å². The molecule has 0 spiro atoms. The molecule has 53 heavy (non-hydrogen) atoms. The lowest BCUT2D eigenvalue weighted by Crippen LogP contribution is -2.17. The Balaban J connectivity index is 1.18. The first kappa shape index (κ1) is 28.9. The molecule has 0 atom stereocenters. The van der Waals surface area contributed by atoms with Crippen LogP contribution in [0.3, 0.4) is 0 Å². The summed E-state index contributed by atoms with van der Waals surface area (Å²) < 4.78 is 4.84. The highest BCUT2D eigenvalue weighted by Crippen LogP contribution is 2.56. The van der Waals surface area contributed by atoms with Crippen molar-refractivity contribution in [1.82, 2.24) is 14.1 Å². The molecule has 248 valence electrons. The number of hydrogen-bond acceptors (Lipinski definition) is 1. The Morgan fingerprint density at radius 1 is 0.415 bits per heavy atom. The summed E-state index contributed by atoms with van der Waals surface area (Å²) in [7, 11) is 0. The maximum atomic E-state index is 5.09. The molecule has 3 heterocycles. The minimum atomic E-state index is -0.300. The van der Waals surface area contributed by atoms with Crippen LogP contribution in [-0.2, 0) is 5.41 Å². The number of aromatic nitrogens is 3. The van der Waals surface area contributed by atoms with Crippen molar-refractivity contribution in [1.29, 1.82) is 0 Å². The molecule has 0 radical (unpaired) electrons. The maximum absolute atomic E-state index is 5.09. The Kier molecular flexibility index (Phi) is 5.57. The zero-order chi connectivity index (χ0) is 35.0. The Hall–Kier alpha value is -6.71. The maximum Gasteiger partial charge on any atom is 0.145 e. The molecule has 11 aromatic rings. The molecule has 0 N–H and O–H groups in total. The molecule has 0 unspecified atom stereocenters. The fourth-order valence-corrected chi connectivity index (χ4v) is 10.0. The van der Waals surface area contributed by atoms with Crippen molar-refractivity contribution in [3.05, 3.63) is 175 Å². The van der Waals surface area contributed by atoms with Gasteiger partial charge in [0.2, 0.25) is 0 Å². The first-order chi connectivity index (χ1) is 26.1. The van der Waals surface area contributed by atoms with Gasteiger partial charge in [-0.25, -0.2) is 4.98 Å². The van der Waals surface area contributed by atoms with E-state index < -0.39 is 0 Å². The highest BCUT2D eigenvalue weighted by Gasteiger charge is 2.40. The van der Waals surface area contributed by atoms with E-state index in [1.165, 1.54) is 92.7 Å². The van der Waals surface area contributed by atoms with Crippen LogP contribution in [0.15, 0.2) is 164 Å². The van der Waals surface area contributed by atoms with E-state index in [0.717, 1.165) is 17.0 Å². The predicted octanol–water partition coefficient (Wildman–Crippen LogP) is 13.0. The minimum absolute atomic E-state index is 0.300. The molecule has 1 aliphatic rings. The van der Waals surface area contributed by atoms with Gasteiger partial charge in [-0.15, -0.1) is 0 Å². The minimum Gasteiger partial charge on any atom is -0.309 e. The molecular weight excluding hydrogens is 643 g/mol. The second kappa shape index (κ2) is 10.2. The third kappa shape index (κ3) is 3.66. The van der Waals surface area contributed by atoms with Gasteiger partial charge in [0.25, 0.3) is 0 Å². The fourth-order valence-electron chi connectivity index (χ4n) is 10.0. The van der Waals surface area contributed by atoms with Crippen LogP contribution in [0.1, 0.15) is 25.0 Å². The Morgan fingerprint density at radius 3 is 1.60 bits per heavy atom. The summed E-state index contributed by atoms with van der Waals surface area (Å²) in [4.78, 5) is 5.09. The van der Waals surface area contributed by atoms with E-state index in [-0.39, 0.29) is 5.41 Å². The van der Waals surface area contributed by atoms with Gasteiger partial charge < -0.3 is 4.57 Å². The van der Waals surface area contributed by atoms with Gasteiger partial charge >= 0.3 is 0 Å². The summed E-state index contributed by atoms with van der Waals surface area (Å²) in [5.74, 6) is 0. The molecule has 0 bridgehead atoms. The van der Waals surface area contributed by atoms with Crippen LogP contribution in [0.2, 0.25) is 0 Å². The molecular formula is C50H33N3. The number of para-hydroxylation sites is 2. The summed E-state index contributed by atoms with van der Waals surface area (Å²) in [5, 5.41) is 12.8. The van der Waals surface area contributed by atoms with Gasteiger partial charge in [0, 0.05) is 44.5 Å². The first-order valence-electron chi connectivity index (χ1n) is 18.5. The van der Waals surface area contributed by atoms with E-state index in [1.807, 2.05) is 6.20 Å². The number of nitrogens with zero attached hydrogens (tertiary/aromatic N) is 3. The second-order valence-corrected chi connectivity index (χ2v) is 15.1.